The van der Waals surface area contributed by atoms with Crippen molar-refractivity contribution in [3.05, 3.63) is 59.7 Å². The van der Waals surface area contributed by atoms with Gasteiger partial charge in [0, 0.05) is 42.2 Å². The van der Waals surface area contributed by atoms with Crippen molar-refractivity contribution >= 4 is 28.3 Å². The Morgan fingerprint density at radius 2 is 1.68 bits per heavy atom. The summed E-state index contributed by atoms with van der Waals surface area (Å²) >= 11 is 0. The summed E-state index contributed by atoms with van der Waals surface area (Å²) in [5.74, 6) is -1.49. The first kappa shape index (κ1) is 27.2. The van der Waals surface area contributed by atoms with Crippen LogP contribution in [0.4, 0.5) is 20.3 Å². The third-order valence-corrected chi connectivity index (χ3v) is 7.01. The number of rotatable bonds is 7. The topological polar surface area (TPSA) is 101 Å². The number of benzene rings is 3. The van der Waals surface area contributed by atoms with Crippen molar-refractivity contribution in [2.24, 2.45) is 0 Å². The van der Waals surface area contributed by atoms with Crippen molar-refractivity contribution < 1.29 is 27.8 Å². The average molecular weight is 552 g/mol. The minimum Gasteiger partial charge on any atom is -0.495 e. The molecule has 0 spiro atoms. The molecule has 1 aliphatic heterocycles. The Morgan fingerprint density at radius 1 is 0.975 bits per heavy atom. The summed E-state index contributed by atoms with van der Waals surface area (Å²) in [6.45, 7) is 6.75. The van der Waals surface area contributed by atoms with E-state index in [-0.39, 0.29) is 39.9 Å². The fourth-order valence-corrected chi connectivity index (χ4v) is 5.02. The molecule has 0 atom stereocenters. The lowest BCUT2D eigenvalue weighted by Gasteiger charge is -2.40. The second-order valence-electron chi connectivity index (χ2n) is 10.2. The van der Waals surface area contributed by atoms with Gasteiger partial charge in [0.2, 0.25) is 0 Å². The van der Waals surface area contributed by atoms with E-state index in [0.29, 0.717) is 22.2 Å². The SMILES string of the molecule is COc1cc(C(=O)Nc2n[nH]c3cc(-c4c(F)c(OC)cc(OC)c4F)ccc23)ccc1N1CCNC(C)(C)C1. The number of aromatic amines is 1. The zero-order chi connectivity index (χ0) is 28.6. The molecule has 1 aromatic heterocycles. The van der Waals surface area contributed by atoms with Gasteiger partial charge in [0.1, 0.15) is 5.75 Å². The van der Waals surface area contributed by atoms with Crippen molar-refractivity contribution in [2.45, 2.75) is 19.4 Å². The maximum Gasteiger partial charge on any atom is 0.257 e. The molecule has 3 aromatic carbocycles. The third-order valence-electron chi connectivity index (χ3n) is 7.01. The van der Waals surface area contributed by atoms with Gasteiger partial charge in [0.25, 0.3) is 5.91 Å². The molecule has 0 saturated carbocycles. The maximum absolute atomic E-state index is 15.0. The second kappa shape index (κ2) is 10.6. The van der Waals surface area contributed by atoms with Crippen LogP contribution in [0.5, 0.6) is 17.2 Å². The fourth-order valence-electron chi connectivity index (χ4n) is 5.02. The number of anilines is 2. The number of H-pyrrole nitrogens is 1. The van der Waals surface area contributed by atoms with Crippen LogP contribution in [-0.4, -0.2) is 62.6 Å². The zero-order valence-electron chi connectivity index (χ0n) is 22.9. The molecule has 0 radical (unpaired) electrons. The number of amides is 1. The van der Waals surface area contributed by atoms with Crippen molar-refractivity contribution in [1.29, 1.82) is 0 Å². The van der Waals surface area contributed by atoms with E-state index in [4.69, 9.17) is 14.2 Å². The lowest BCUT2D eigenvalue weighted by Crippen LogP contribution is -2.57. The van der Waals surface area contributed by atoms with Gasteiger partial charge in [-0.3, -0.25) is 9.89 Å². The number of nitrogens with one attached hydrogen (secondary N) is 3. The van der Waals surface area contributed by atoms with E-state index in [1.807, 2.05) is 6.07 Å². The number of aromatic nitrogens is 2. The van der Waals surface area contributed by atoms with Gasteiger partial charge in [-0.1, -0.05) is 6.07 Å². The molecule has 1 aliphatic rings. The number of hydrogen-bond acceptors (Lipinski definition) is 7. The monoisotopic (exact) mass is 551 g/mol. The summed E-state index contributed by atoms with van der Waals surface area (Å²) < 4.78 is 45.8. The number of nitrogens with zero attached hydrogens (tertiary/aromatic N) is 2. The van der Waals surface area contributed by atoms with E-state index in [1.165, 1.54) is 14.2 Å². The molecule has 3 N–H and O–H groups in total. The summed E-state index contributed by atoms with van der Waals surface area (Å²) in [6.07, 6.45) is 0. The number of piperazine rings is 1. The van der Waals surface area contributed by atoms with Crippen LogP contribution in [0.1, 0.15) is 24.2 Å². The smallest absolute Gasteiger partial charge is 0.257 e. The molecule has 11 heteroatoms. The molecule has 9 nitrogen and oxygen atoms in total. The Balaban J connectivity index is 1.41. The van der Waals surface area contributed by atoms with Gasteiger partial charge < -0.3 is 29.7 Å². The van der Waals surface area contributed by atoms with E-state index in [9.17, 15) is 4.79 Å². The lowest BCUT2D eigenvalue weighted by molar-refractivity contribution is 0.102. The van der Waals surface area contributed by atoms with Crippen LogP contribution in [-0.2, 0) is 0 Å². The first-order chi connectivity index (χ1) is 19.2. The molecule has 210 valence electrons. The summed E-state index contributed by atoms with van der Waals surface area (Å²) in [5.41, 5.74) is 1.70. The molecule has 1 amide bonds. The number of ether oxygens (including phenoxy) is 3. The largest absolute Gasteiger partial charge is 0.495 e. The first-order valence-corrected chi connectivity index (χ1v) is 12.7. The van der Waals surface area contributed by atoms with E-state index < -0.39 is 11.6 Å². The number of fused-ring (bicyclic) bond motifs is 1. The highest BCUT2D eigenvalue weighted by atomic mass is 19.1. The molecule has 2 heterocycles. The van der Waals surface area contributed by atoms with E-state index in [0.717, 1.165) is 31.4 Å². The highest BCUT2D eigenvalue weighted by Gasteiger charge is 2.28. The van der Waals surface area contributed by atoms with E-state index in [2.05, 4.69) is 39.6 Å². The van der Waals surface area contributed by atoms with Crippen molar-refractivity contribution in [1.82, 2.24) is 15.5 Å². The van der Waals surface area contributed by atoms with Gasteiger partial charge in [-0.25, -0.2) is 8.78 Å². The summed E-state index contributed by atoms with van der Waals surface area (Å²) in [4.78, 5) is 15.4. The Hall–Kier alpha value is -4.38. The van der Waals surface area contributed by atoms with Crippen LogP contribution in [0.3, 0.4) is 0 Å². The Labute approximate surface area is 230 Å². The number of hydrogen-bond donors (Lipinski definition) is 3. The molecule has 5 rings (SSSR count). The summed E-state index contributed by atoms with van der Waals surface area (Å²) in [5, 5.41) is 13.9. The van der Waals surface area contributed by atoms with Gasteiger partial charge in [-0.2, -0.15) is 5.10 Å². The molecular formula is C29H31F2N5O4. The number of halogens is 2. The zero-order valence-corrected chi connectivity index (χ0v) is 22.9. The average Bonchev–Trinajstić information content (AvgIpc) is 3.34. The molecule has 40 heavy (non-hydrogen) atoms. The van der Waals surface area contributed by atoms with Crippen molar-refractivity contribution in [3.8, 4) is 28.4 Å². The normalized spacial score (nSPS) is 14.7. The van der Waals surface area contributed by atoms with Crippen LogP contribution in [0, 0.1) is 11.6 Å². The van der Waals surface area contributed by atoms with Crippen LogP contribution < -0.4 is 29.7 Å². The standard InChI is InChI=1S/C29H31F2N5O4/c1-29(2)15-36(11-10-32-29)20-9-7-17(13-21(20)38-3)28(37)33-27-18-8-6-16(12-19(18)34-35-27)24-25(30)22(39-4)14-23(40-5)26(24)31/h6-9,12-14,32H,10-11,15H2,1-5H3,(H2,33,34,35,37). The molecule has 4 aromatic rings. The minimum absolute atomic E-state index is 0.0453. The first-order valence-electron chi connectivity index (χ1n) is 12.7. The van der Waals surface area contributed by atoms with E-state index in [1.54, 1.807) is 37.4 Å². The number of carbonyl (C=O) groups is 1. The van der Waals surface area contributed by atoms with Crippen molar-refractivity contribution in [3.63, 3.8) is 0 Å². The third kappa shape index (κ3) is 5.00. The number of carbonyl (C=O) groups excluding carboxylic acids is 1. The molecular weight excluding hydrogens is 520 g/mol. The minimum atomic E-state index is -0.852. The maximum atomic E-state index is 15.0. The Kier molecular flexibility index (Phi) is 7.24. The number of methoxy groups -OCH3 is 3. The van der Waals surface area contributed by atoms with Crippen molar-refractivity contribution in [2.75, 3.05) is 51.2 Å². The van der Waals surface area contributed by atoms with Gasteiger partial charge in [-0.15, -0.1) is 0 Å². The quantitative estimate of drug-likeness (QED) is 0.298. The summed E-state index contributed by atoms with van der Waals surface area (Å²) in [7, 11) is 4.17. The summed E-state index contributed by atoms with van der Waals surface area (Å²) in [6, 6.07) is 11.2. The van der Waals surface area contributed by atoms with Gasteiger partial charge >= 0.3 is 0 Å². The Bertz CT molecular complexity index is 1560. The van der Waals surface area contributed by atoms with Gasteiger partial charge in [0.05, 0.1) is 38.1 Å². The van der Waals surface area contributed by atoms with E-state index >= 15 is 8.78 Å². The fraction of sp³-hybridized carbons (Fsp3) is 0.310. The molecule has 0 unspecified atom stereocenters. The van der Waals surface area contributed by atoms with Gasteiger partial charge in [0.15, 0.2) is 29.0 Å². The molecule has 1 fully saturated rings. The van der Waals surface area contributed by atoms with Crippen LogP contribution in [0.25, 0.3) is 22.0 Å². The molecule has 0 bridgehead atoms. The van der Waals surface area contributed by atoms with Crippen LogP contribution in [0.15, 0.2) is 42.5 Å². The molecule has 1 saturated heterocycles. The highest BCUT2D eigenvalue weighted by molar-refractivity contribution is 6.08. The van der Waals surface area contributed by atoms with Gasteiger partial charge in [-0.05, 0) is 49.7 Å². The lowest BCUT2D eigenvalue weighted by atomic mass is 10.0. The molecule has 0 aliphatic carbocycles. The predicted molar refractivity (Wildman–Crippen MR) is 150 cm³/mol. The predicted octanol–water partition coefficient (Wildman–Crippen LogP) is 4.97. The Morgan fingerprint density at radius 3 is 2.33 bits per heavy atom. The van der Waals surface area contributed by atoms with Crippen LogP contribution in [0.2, 0.25) is 0 Å². The second-order valence-corrected chi connectivity index (χ2v) is 10.2. The van der Waals surface area contributed by atoms with Crippen LogP contribution >= 0.6 is 0 Å². The highest BCUT2D eigenvalue weighted by Crippen LogP contribution is 2.39.